The van der Waals surface area contributed by atoms with Crippen LogP contribution in [0.2, 0.25) is 0 Å². The van der Waals surface area contributed by atoms with Crippen molar-refractivity contribution in [2.24, 2.45) is 0 Å². The van der Waals surface area contributed by atoms with Crippen LogP contribution in [0.1, 0.15) is 42.1 Å². The van der Waals surface area contributed by atoms with Gasteiger partial charge in [-0.3, -0.25) is 10.1 Å². The number of ether oxygens (including phenoxy) is 1. The van der Waals surface area contributed by atoms with Crippen LogP contribution in [0.3, 0.4) is 0 Å². The molecule has 0 saturated carbocycles. The SMILES string of the molecule is COc1ccc(C)cc1C(C)NC(C)C(=O)Nc1c(C)cccc1C. The lowest BCUT2D eigenvalue weighted by Gasteiger charge is -2.22. The highest BCUT2D eigenvalue weighted by molar-refractivity contribution is 5.95. The quantitative estimate of drug-likeness (QED) is 0.824. The van der Waals surface area contributed by atoms with Crippen molar-refractivity contribution in [3.05, 3.63) is 58.7 Å². The Balaban J connectivity index is 2.09. The largest absolute Gasteiger partial charge is 0.496 e. The Morgan fingerprint density at radius 3 is 2.28 bits per heavy atom. The molecule has 0 aliphatic rings. The molecule has 0 aromatic heterocycles. The minimum absolute atomic E-state index is 0.00596. The smallest absolute Gasteiger partial charge is 0.241 e. The Kier molecular flexibility index (Phi) is 6.21. The van der Waals surface area contributed by atoms with E-state index in [2.05, 4.69) is 16.7 Å². The fourth-order valence-corrected chi connectivity index (χ4v) is 2.98. The summed E-state index contributed by atoms with van der Waals surface area (Å²) in [4.78, 5) is 12.6. The monoisotopic (exact) mass is 340 g/mol. The van der Waals surface area contributed by atoms with Gasteiger partial charge in [0.05, 0.1) is 13.2 Å². The Bertz CT molecular complexity index is 735. The molecule has 0 aliphatic carbocycles. The third-order valence-corrected chi connectivity index (χ3v) is 4.47. The molecule has 2 aromatic rings. The van der Waals surface area contributed by atoms with E-state index in [0.29, 0.717) is 0 Å². The molecule has 4 heteroatoms. The lowest BCUT2D eigenvalue weighted by atomic mass is 10.0. The number of nitrogens with one attached hydrogen (secondary N) is 2. The van der Waals surface area contributed by atoms with Crippen LogP contribution in [-0.2, 0) is 4.79 Å². The summed E-state index contributed by atoms with van der Waals surface area (Å²) in [5.41, 5.74) is 5.23. The van der Waals surface area contributed by atoms with E-state index in [-0.39, 0.29) is 18.0 Å². The standard InChI is InChI=1S/C21H28N2O2/c1-13-10-11-19(25-6)18(12-13)16(4)22-17(5)21(24)23-20-14(2)8-7-9-15(20)3/h7-12,16-17,22H,1-6H3,(H,23,24). The number of amides is 1. The van der Waals surface area contributed by atoms with E-state index in [1.165, 1.54) is 0 Å². The molecule has 2 N–H and O–H groups in total. The Morgan fingerprint density at radius 1 is 1.04 bits per heavy atom. The molecule has 2 atom stereocenters. The zero-order chi connectivity index (χ0) is 18.6. The second kappa shape index (κ2) is 8.17. The maximum atomic E-state index is 12.6. The number of hydrogen-bond acceptors (Lipinski definition) is 3. The van der Waals surface area contributed by atoms with Crippen molar-refractivity contribution in [3.63, 3.8) is 0 Å². The van der Waals surface area contributed by atoms with Crippen molar-refractivity contribution in [2.45, 2.75) is 46.7 Å². The molecular formula is C21H28N2O2. The van der Waals surface area contributed by atoms with Gasteiger partial charge in [0.15, 0.2) is 0 Å². The number of rotatable bonds is 6. The van der Waals surface area contributed by atoms with Crippen molar-refractivity contribution in [2.75, 3.05) is 12.4 Å². The van der Waals surface area contributed by atoms with Crippen LogP contribution in [0, 0.1) is 20.8 Å². The van der Waals surface area contributed by atoms with Crippen LogP contribution >= 0.6 is 0 Å². The normalized spacial score (nSPS) is 13.2. The molecule has 0 aliphatic heterocycles. The van der Waals surface area contributed by atoms with Crippen LogP contribution in [0.15, 0.2) is 36.4 Å². The Hall–Kier alpha value is -2.33. The molecule has 2 aromatic carbocycles. The van der Waals surface area contributed by atoms with E-state index in [4.69, 9.17) is 4.74 Å². The first kappa shape index (κ1) is 19.0. The summed E-state index contributed by atoms with van der Waals surface area (Å²) in [7, 11) is 1.66. The number of anilines is 1. The zero-order valence-electron chi connectivity index (χ0n) is 15.9. The Morgan fingerprint density at radius 2 is 1.68 bits per heavy atom. The van der Waals surface area contributed by atoms with Gasteiger partial charge in [-0.2, -0.15) is 0 Å². The molecule has 4 nitrogen and oxygen atoms in total. The number of carbonyl (C=O) groups excluding carboxylic acids is 1. The molecule has 0 fully saturated rings. The summed E-state index contributed by atoms with van der Waals surface area (Å²) in [6, 6.07) is 11.7. The van der Waals surface area contributed by atoms with E-state index in [1.807, 2.05) is 65.0 Å². The number of aryl methyl sites for hydroxylation is 3. The maximum absolute atomic E-state index is 12.6. The molecule has 134 valence electrons. The van der Waals surface area contributed by atoms with E-state index in [1.54, 1.807) is 7.11 Å². The Labute approximate surface area is 150 Å². The van der Waals surface area contributed by atoms with Crippen LogP contribution < -0.4 is 15.4 Å². The summed E-state index contributed by atoms with van der Waals surface area (Å²) >= 11 is 0. The molecule has 2 rings (SSSR count). The van der Waals surface area contributed by atoms with Gasteiger partial charge < -0.3 is 10.1 Å². The van der Waals surface area contributed by atoms with Gasteiger partial charge >= 0.3 is 0 Å². The van der Waals surface area contributed by atoms with Crippen molar-refractivity contribution in [1.82, 2.24) is 5.32 Å². The molecule has 0 spiro atoms. The number of hydrogen-bond donors (Lipinski definition) is 2. The van der Waals surface area contributed by atoms with Gasteiger partial charge in [-0.25, -0.2) is 0 Å². The molecular weight excluding hydrogens is 312 g/mol. The second-order valence-corrected chi connectivity index (χ2v) is 6.61. The van der Waals surface area contributed by atoms with Gasteiger partial charge in [-0.05, 0) is 51.8 Å². The summed E-state index contributed by atoms with van der Waals surface area (Å²) in [6.45, 7) is 9.97. The topological polar surface area (TPSA) is 50.4 Å². The van der Waals surface area contributed by atoms with E-state index in [0.717, 1.165) is 33.7 Å². The summed E-state index contributed by atoms with van der Waals surface area (Å²) < 4.78 is 5.45. The third-order valence-electron chi connectivity index (χ3n) is 4.47. The third kappa shape index (κ3) is 4.60. The van der Waals surface area contributed by atoms with Gasteiger partial charge in [-0.15, -0.1) is 0 Å². The molecule has 25 heavy (non-hydrogen) atoms. The minimum Gasteiger partial charge on any atom is -0.496 e. The second-order valence-electron chi connectivity index (χ2n) is 6.61. The van der Waals surface area contributed by atoms with Crippen molar-refractivity contribution in [1.29, 1.82) is 0 Å². The zero-order valence-corrected chi connectivity index (χ0v) is 15.9. The van der Waals surface area contributed by atoms with Crippen LogP contribution in [0.5, 0.6) is 5.75 Å². The summed E-state index contributed by atoms with van der Waals surface area (Å²) in [5.74, 6) is 0.781. The molecule has 2 unspecified atom stereocenters. The van der Waals surface area contributed by atoms with Crippen LogP contribution in [0.4, 0.5) is 5.69 Å². The number of methoxy groups -OCH3 is 1. The highest BCUT2D eigenvalue weighted by atomic mass is 16.5. The predicted molar refractivity (Wildman–Crippen MR) is 103 cm³/mol. The molecule has 1 amide bonds. The van der Waals surface area contributed by atoms with E-state index >= 15 is 0 Å². The highest BCUT2D eigenvalue weighted by Gasteiger charge is 2.19. The molecule has 0 radical (unpaired) electrons. The number of benzene rings is 2. The molecule has 0 bridgehead atoms. The minimum atomic E-state index is -0.334. The lowest BCUT2D eigenvalue weighted by Crippen LogP contribution is -2.39. The van der Waals surface area contributed by atoms with Crippen LogP contribution in [0.25, 0.3) is 0 Å². The predicted octanol–water partition coefficient (Wildman–Crippen LogP) is 4.30. The first-order valence-corrected chi connectivity index (χ1v) is 8.61. The average molecular weight is 340 g/mol. The fraction of sp³-hybridized carbons (Fsp3) is 0.381. The van der Waals surface area contributed by atoms with Gasteiger partial charge in [0.2, 0.25) is 5.91 Å². The van der Waals surface area contributed by atoms with Gasteiger partial charge in [0.1, 0.15) is 5.75 Å². The van der Waals surface area contributed by atoms with Crippen molar-refractivity contribution >= 4 is 11.6 Å². The fourth-order valence-electron chi connectivity index (χ4n) is 2.98. The van der Waals surface area contributed by atoms with Gasteiger partial charge in [-0.1, -0.05) is 35.9 Å². The first-order valence-electron chi connectivity index (χ1n) is 8.61. The van der Waals surface area contributed by atoms with E-state index in [9.17, 15) is 4.79 Å². The van der Waals surface area contributed by atoms with E-state index < -0.39 is 0 Å². The lowest BCUT2D eigenvalue weighted by molar-refractivity contribution is -0.118. The van der Waals surface area contributed by atoms with Crippen molar-refractivity contribution in [3.8, 4) is 5.75 Å². The number of carbonyl (C=O) groups is 1. The molecule has 0 saturated heterocycles. The van der Waals surface area contributed by atoms with Crippen molar-refractivity contribution < 1.29 is 9.53 Å². The van der Waals surface area contributed by atoms with Gasteiger partial charge in [0, 0.05) is 17.3 Å². The summed E-state index contributed by atoms with van der Waals surface area (Å²) in [5, 5.41) is 6.41. The first-order chi connectivity index (χ1) is 11.8. The maximum Gasteiger partial charge on any atom is 0.241 e. The summed E-state index contributed by atoms with van der Waals surface area (Å²) in [6.07, 6.45) is 0. The highest BCUT2D eigenvalue weighted by Crippen LogP contribution is 2.26. The van der Waals surface area contributed by atoms with Gasteiger partial charge in [0.25, 0.3) is 0 Å². The average Bonchev–Trinajstić information content (AvgIpc) is 2.57. The van der Waals surface area contributed by atoms with Crippen LogP contribution in [-0.4, -0.2) is 19.1 Å². The molecule has 0 heterocycles. The number of para-hydroxylation sites is 1.